The van der Waals surface area contributed by atoms with Crippen molar-refractivity contribution in [2.45, 2.75) is 52.0 Å². The molecule has 4 heteroatoms. The Kier molecular flexibility index (Phi) is 5.44. The van der Waals surface area contributed by atoms with E-state index in [9.17, 15) is 4.79 Å². The molecule has 1 saturated carbocycles. The number of nitrogens with one attached hydrogen (secondary N) is 1. The highest BCUT2D eigenvalue weighted by Gasteiger charge is 2.28. The molecular formula is C17H23NO2S. The van der Waals surface area contributed by atoms with E-state index in [4.69, 9.17) is 5.11 Å². The van der Waals surface area contributed by atoms with Crippen molar-refractivity contribution in [1.82, 2.24) is 5.32 Å². The number of carbonyl (C=O) groups is 1. The Morgan fingerprint density at radius 1 is 1.48 bits per heavy atom. The summed E-state index contributed by atoms with van der Waals surface area (Å²) in [5.74, 6) is 5.83. The van der Waals surface area contributed by atoms with Crippen molar-refractivity contribution in [3.8, 4) is 11.8 Å². The lowest BCUT2D eigenvalue weighted by molar-refractivity contribution is 0.0913. The summed E-state index contributed by atoms with van der Waals surface area (Å²) < 4.78 is 0. The van der Waals surface area contributed by atoms with Crippen LogP contribution in [-0.2, 0) is 0 Å². The largest absolute Gasteiger partial charge is 0.395 e. The Hall–Kier alpha value is -1.31. The Labute approximate surface area is 130 Å². The zero-order valence-electron chi connectivity index (χ0n) is 12.7. The Morgan fingerprint density at radius 2 is 2.19 bits per heavy atom. The third kappa shape index (κ3) is 4.59. The van der Waals surface area contributed by atoms with E-state index in [1.54, 1.807) is 0 Å². The van der Waals surface area contributed by atoms with Gasteiger partial charge in [0.15, 0.2) is 0 Å². The first-order valence-corrected chi connectivity index (χ1v) is 8.38. The molecule has 3 nitrogen and oxygen atoms in total. The molecule has 0 aromatic carbocycles. The molecule has 1 aromatic rings. The van der Waals surface area contributed by atoms with E-state index in [2.05, 4.69) is 31.0 Å². The van der Waals surface area contributed by atoms with Crippen molar-refractivity contribution >= 4 is 17.2 Å². The first-order chi connectivity index (χ1) is 10.0. The highest BCUT2D eigenvalue weighted by atomic mass is 32.1. The summed E-state index contributed by atoms with van der Waals surface area (Å²) in [6.45, 7) is 4.63. The smallest absolute Gasteiger partial charge is 0.262 e. The topological polar surface area (TPSA) is 49.3 Å². The molecule has 1 fully saturated rings. The molecule has 0 aliphatic heterocycles. The van der Waals surface area contributed by atoms with Crippen molar-refractivity contribution in [3.05, 3.63) is 21.9 Å². The molecule has 2 N–H and O–H groups in total. The fraction of sp³-hybridized carbons (Fsp3) is 0.588. The lowest BCUT2D eigenvalue weighted by Gasteiger charge is -2.34. The standard InChI is InChI=1S/C17H23NO2S/c1-17(2)9-6-14(7-10-17)18-16(20)15-13(8-12-21-15)5-3-4-11-19/h8,12,14,19H,4,6-7,9-11H2,1-2H3,(H,18,20). The highest BCUT2D eigenvalue weighted by Crippen LogP contribution is 2.35. The first-order valence-electron chi connectivity index (χ1n) is 7.50. The van der Waals surface area contributed by atoms with Crippen molar-refractivity contribution < 1.29 is 9.90 Å². The zero-order valence-corrected chi connectivity index (χ0v) is 13.6. The molecule has 1 aliphatic carbocycles. The van der Waals surface area contributed by atoms with E-state index in [0.717, 1.165) is 31.2 Å². The molecule has 21 heavy (non-hydrogen) atoms. The molecule has 0 bridgehead atoms. The molecule has 0 saturated heterocycles. The van der Waals surface area contributed by atoms with Crippen molar-refractivity contribution in [1.29, 1.82) is 0 Å². The molecule has 0 spiro atoms. The molecule has 1 amide bonds. The SMILES string of the molecule is CC1(C)CCC(NC(=O)c2sccc2C#CCCO)CC1. The van der Waals surface area contributed by atoms with Gasteiger partial charge in [0.1, 0.15) is 4.88 Å². The number of aliphatic hydroxyl groups excluding tert-OH is 1. The van der Waals surface area contributed by atoms with Crippen LogP contribution in [0, 0.1) is 17.3 Å². The van der Waals surface area contributed by atoms with E-state index >= 15 is 0 Å². The van der Waals surface area contributed by atoms with E-state index in [1.165, 1.54) is 11.3 Å². The number of carbonyl (C=O) groups excluding carboxylic acids is 1. The van der Waals surface area contributed by atoms with Gasteiger partial charge in [-0.1, -0.05) is 25.7 Å². The van der Waals surface area contributed by atoms with Gasteiger partial charge < -0.3 is 10.4 Å². The Morgan fingerprint density at radius 3 is 2.86 bits per heavy atom. The number of amides is 1. The quantitative estimate of drug-likeness (QED) is 0.843. The van der Waals surface area contributed by atoms with Gasteiger partial charge in [-0.05, 0) is 42.5 Å². The van der Waals surface area contributed by atoms with Gasteiger partial charge >= 0.3 is 0 Å². The minimum Gasteiger partial charge on any atom is -0.395 e. The average molecular weight is 305 g/mol. The lowest BCUT2D eigenvalue weighted by Crippen LogP contribution is -2.39. The van der Waals surface area contributed by atoms with E-state index in [-0.39, 0.29) is 18.6 Å². The van der Waals surface area contributed by atoms with Crippen molar-refractivity contribution in [2.24, 2.45) is 5.41 Å². The van der Waals surface area contributed by atoms with E-state index in [1.807, 2.05) is 11.4 Å². The van der Waals surface area contributed by atoms with Crippen LogP contribution in [0.1, 0.15) is 61.2 Å². The van der Waals surface area contributed by atoms with Crippen LogP contribution < -0.4 is 5.32 Å². The number of hydrogen-bond donors (Lipinski definition) is 2. The third-order valence-corrected chi connectivity index (χ3v) is 4.92. The van der Waals surface area contributed by atoms with Crippen LogP contribution in [-0.4, -0.2) is 23.7 Å². The molecule has 0 unspecified atom stereocenters. The van der Waals surface area contributed by atoms with Crippen molar-refractivity contribution in [3.63, 3.8) is 0 Å². The number of hydrogen-bond acceptors (Lipinski definition) is 3. The van der Waals surface area contributed by atoms with Crippen LogP contribution in [0.3, 0.4) is 0 Å². The molecule has 1 heterocycles. The number of thiophene rings is 1. The normalized spacial score (nSPS) is 17.9. The van der Waals surface area contributed by atoms with Crippen LogP contribution in [0.2, 0.25) is 0 Å². The molecular weight excluding hydrogens is 282 g/mol. The lowest BCUT2D eigenvalue weighted by atomic mass is 9.75. The molecule has 0 atom stereocenters. The highest BCUT2D eigenvalue weighted by molar-refractivity contribution is 7.12. The van der Waals surface area contributed by atoms with Gasteiger partial charge in [-0.3, -0.25) is 4.79 Å². The minimum absolute atomic E-state index is 0.0111. The van der Waals surface area contributed by atoms with Gasteiger partial charge in [0.2, 0.25) is 0 Å². The van der Waals surface area contributed by atoms with Gasteiger partial charge in [0.25, 0.3) is 5.91 Å². The summed E-state index contributed by atoms with van der Waals surface area (Å²) in [7, 11) is 0. The molecule has 114 valence electrons. The fourth-order valence-corrected chi connectivity index (χ4v) is 3.34. The van der Waals surface area contributed by atoms with E-state index < -0.39 is 0 Å². The second-order valence-corrected chi connectivity index (χ2v) is 7.27. The monoisotopic (exact) mass is 305 g/mol. The van der Waals surface area contributed by atoms with Crippen molar-refractivity contribution in [2.75, 3.05) is 6.61 Å². The first kappa shape index (κ1) is 16.1. The van der Waals surface area contributed by atoms with Gasteiger partial charge in [-0.25, -0.2) is 0 Å². The number of aliphatic hydroxyl groups is 1. The fourth-order valence-electron chi connectivity index (χ4n) is 2.59. The molecule has 0 radical (unpaired) electrons. The summed E-state index contributed by atoms with van der Waals surface area (Å²) in [4.78, 5) is 13.1. The van der Waals surface area contributed by atoms with Gasteiger partial charge in [-0.2, -0.15) is 0 Å². The summed E-state index contributed by atoms with van der Waals surface area (Å²) >= 11 is 1.43. The summed E-state index contributed by atoms with van der Waals surface area (Å²) in [6.07, 6.45) is 4.86. The van der Waals surface area contributed by atoms with Gasteiger partial charge in [0.05, 0.1) is 6.61 Å². The second kappa shape index (κ2) is 7.11. The summed E-state index contributed by atoms with van der Waals surface area (Å²) in [6, 6.07) is 2.15. The van der Waals surface area contributed by atoms with Crippen LogP contribution in [0.5, 0.6) is 0 Å². The molecule has 1 aromatic heterocycles. The van der Waals surface area contributed by atoms with Gasteiger partial charge in [-0.15, -0.1) is 11.3 Å². The van der Waals surface area contributed by atoms with Crippen LogP contribution >= 0.6 is 11.3 Å². The maximum Gasteiger partial charge on any atom is 0.262 e. The summed E-state index contributed by atoms with van der Waals surface area (Å²) in [5, 5.41) is 13.8. The predicted molar refractivity (Wildman–Crippen MR) is 86.4 cm³/mol. The molecule has 2 rings (SSSR count). The minimum atomic E-state index is -0.0111. The maximum atomic E-state index is 12.4. The predicted octanol–water partition coefficient (Wildman–Crippen LogP) is 3.18. The van der Waals surface area contributed by atoms with Crippen LogP contribution in [0.4, 0.5) is 0 Å². The second-order valence-electron chi connectivity index (χ2n) is 6.35. The van der Waals surface area contributed by atoms with Crippen LogP contribution in [0.25, 0.3) is 0 Å². The Balaban J connectivity index is 1.96. The maximum absolute atomic E-state index is 12.4. The third-order valence-electron chi connectivity index (χ3n) is 4.01. The summed E-state index contributed by atoms with van der Waals surface area (Å²) in [5.41, 5.74) is 1.17. The molecule has 1 aliphatic rings. The van der Waals surface area contributed by atoms with Gasteiger partial charge in [0, 0.05) is 18.0 Å². The van der Waals surface area contributed by atoms with E-state index in [0.29, 0.717) is 16.7 Å². The van der Waals surface area contributed by atoms with Crippen LogP contribution in [0.15, 0.2) is 11.4 Å². The zero-order chi connectivity index (χ0) is 15.3. The number of rotatable bonds is 3. The average Bonchev–Trinajstić information content (AvgIpc) is 2.90. The Bertz CT molecular complexity index is 541.